The Kier molecular flexibility index (Phi) is 7.31. The molecule has 0 spiro atoms. The highest BCUT2D eigenvalue weighted by atomic mass is 16.5. The van der Waals surface area contributed by atoms with Gasteiger partial charge in [-0.1, -0.05) is 44.2 Å². The molecule has 1 heterocycles. The van der Waals surface area contributed by atoms with E-state index in [0.29, 0.717) is 12.5 Å². The molecule has 0 saturated heterocycles. The van der Waals surface area contributed by atoms with E-state index >= 15 is 0 Å². The molecule has 0 aliphatic carbocycles. The summed E-state index contributed by atoms with van der Waals surface area (Å²) in [7, 11) is 0. The van der Waals surface area contributed by atoms with E-state index in [2.05, 4.69) is 22.0 Å². The summed E-state index contributed by atoms with van der Waals surface area (Å²) >= 11 is 0. The molecule has 6 heteroatoms. The van der Waals surface area contributed by atoms with Gasteiger partial charge in [0.2, 0.25) is 5.88 Å². The zero-order chi connectivity index (χ0) is 13.9. The number of hydrogen-bond acceptors (Lipinski definition) is 5. The SMILES string of the molecule is CCCCCCCCOc1nccnc1C(N)=NO. The summed E-state index contributed by atoms with van der Waals surface area (Å²) in [5, 5.41) is 11.6. The van der Waals surface area contributed by atoms with Crippen molar-refractivity contribution < 1.29 is 9.94 Å². The Labute approximate surface area is 113 Å². The van der Waals surface area contributed by atoms with Gasteiger partial charge in [0.15, 0.2) is 11.5 Å². The van der Waals surface area contributed by atoms with Crippen LogP contribution in [-0.4, -0.2) is 27.6 Å². The van der Waals surface area contributed by atoms with E-state index in [1.807, 2.05) is 0 Å². The summed E-state index contributed by atoms with van der Waals surface area (Å²) < 4.78 is 5.52. The topological polar surface area (TPSA) is 93.6 Å². The second-order valence-electron chi connectivity index (χ2n) is 4.31. The number of aromatic nitrogens is 2. The molecule has 1 rings (SSSR count). The molecule has 0 fully saturated rings. The maximum Gasteiger partial charge on any atom is 0.243 e. The highest BCUT2D eigenvalue weighted by molar-refractivity contribution is 5.97. The van der Waals surface area contributed by atoms with Crippen molar-refractivity contribution in [3.05, 3.63) is 18.1 Å². The van der Waals surface area contributed by atoms with Crippen LogP contribution in [0, 0.1) is 0 Å². The summed E-state index contributed by atoms with van der Waals surface area (Å²) in [5.41, 5.74) is 5.77. The van der Waals surface area contributed by atoms with Gasteiger partial charge in [-0.05, 0) is 6.42 Å². The molecule has 0 radical (unpaired) electrons. The van der Waals surface area contributed by atoms with E-state index in [0.717, 1.165) is 12.8 Å². The number of unbranched alkanes of at least 4 members (excludes halogenated alkanes) is 5. The smallest absolute Gasteiger partial charge is 0.243 e. The van der Waals surface area contributed by atoms with Crippen molar-refractivity contribution in [3.63, 3.8) is 0 Å². The van der Waals surface area contributed by atoms with Crippen molar-refractivity contribution in [2.75, 3.05) is 6.61 Å². The Bertz CT molecular complexity index is 396. The van der Waals surface area contributed by atoms with E-state index in [-0.39, 0.29) is 11.5 Å². The lowest BCUT2D eigenvalue weighted by molar-refractivity contribution is 0.290. The number of rotatable bonds is 9. The number of hydrogen-bond donors (Lipinski definition) is 2. The molecule has 0 bridgehead atoms. The predicted octanol–water partition coefficient (Wildman–Crippen LogP) is 2.31. The summed E-state index contributed by atoms with van der Waals surface area (Å²) in [6.45, 7) is 2.77. The lowest BCUT2D eigenvalue weighted by Crippen LogP contribution is -2.17. The molecule has 106 valence electrons. The van der Waals surface area contributed by atoms with Crippen molar-refractivity contribution >= 4 is 5.84 Å². The fraction of sp³-hybridized carbons (Fsp3) is 0.615. The lowest BCUT2D eigenvalue weighted by atomic mass is 10.1. The normalized spacial score (nSPS) is 11.5. The molecule has 0 amide bonds. The Morgan fingerprint density at radius 2 is 1.89 bits per heavy atom. The first kappa shape index (κ1) is 15.2. The van der Waals surface area contributed by atoms with Gasteiger partial charge in [-0.3, -0.25) is 0 Å². The molecule has 3 N–H and O–H groups in total. The molecule has 0 saturated carbocycles. The van der Waals surface area contributed by atoms with Crippen LogP contribution >= 0.6 is 0 Å². The first-order chi connectivity index (χ1) is 9.29. The Morgan fingerprint density at radius 3 is 2.63 bits per heavy atom. The number of amidine groups is 1. The molecule has 6 nitrogen and oxygen atoms in total. The van der Waals surface area contributed by atoms with E-state index < -0.39 is 0 Å². The van der Waals surface area contributed by atoms with Crippen LogP contribution < -0.4 is 10.5 Å². The minimum Gasteiger partial charge on any atom is -0.476 e. The van der Waals surface area contributed by atoms with Gasteiger partial charge >= 0.3 is 0 Å². The van der Waals surface area contributed by atoms with Gasteiger partial charge in [0.1, 0.15) is 0 Å². The highest BCUT2D eigenvalue weighted by Gasteiger charge is 2.10. The number of nitrogens with zero attached hydrogens (tertiary/aromatic N) is 3. The van der Waals surface area contributed by atoms with Crippen LogP contribution in [0.4, 0.5) is 0 Å². The van der Waals surface area contributed by atoms with E-state index in [4.69, 9.17) is 15.7 Å². The van der Waals surface area contributed by atoms with Crippen LogP contribution in [-0.2, 0) is 0 Å². The maximum atomic E-state index is 8.64. The van der Waals surface area contributed by atoms with Crippen LogP contribution in [0.3, 0.4) is 0 Å². The summed E-state index contributed by atoms with van der Waals surface area (Å²) in [5.74, 6) is 0.220. The molecule has 1 aromatic heterocycles. The zero-order valence-corrected chi connectivity index (χ0v) is 11.4. The fourth-order valence-electron chi connectivity index (χ4n) is 1.71. The zero-order valence-electron chi connectivity index (χ0n) is 11.4. The van der Waals surface area contributed by atoms with Crippen LogP contribution in [0.15, 0.2) is 17.5 Å². The van der Waals surface area contributed by atoms with Gasteiger partial charge in [0.05, 0.1) is 6.61 Å². The van der Waals surface area contributed by atoms with Gasteiger partial charge in [-0.15, -0.1) is 0 Å². The van der Waals surface area contributed by atoms with Crippen LogP contribution in [0.25, 0.3) is 0 Å². The average molecular weight is 266 g/mol. The first-order valence-corrected chi connectivity index (χ1v) is 6.71. The number of nitrogens with two attached hydrogens (primary N) is 1. The van der Waals surface area contributed by atoms with Crippen molar-refractivity contribution in [1.82, 2.24) is 9.97 Å². The van der Waals surface area contributed by atoms with Gasteiger partial charge in [-0.2, -0.15) is 0 Å². The largest absolute Gasteiger partial charge is 0.476 e. The van der Waals surface area contributed by atoms with E-state index in [9.17, 15) is 0 Å². The second-order valence-corrected chi connectivity index (χ2v) is 4.31. The van der Waals surface area contributed by atoms with Crippen LogP contribution in [0.5, 0.6) is 5.88 Å². The van der Waals surface area contributed by atoms with Gasteiger partial charge in [-0.25, -0.2) is 9.97 Å². The third-order valence-electron chi connectivity index (χ3n) is 2.75. The van der Waals surface area contributed by atoms with E-state index in [1.54, 1.807) is 0 Å². The molecule has 0 unspecified atom stereocenters. The van der Waals surface area contributed by atoms with Gasteiger partial charge in [0, 0.05) is 12.4 Å². The van der Waals surface area contributed by atoms with Gasteiger partial charge in [0.25, 0.3) is 0 Å². The number of ether oxygens (including phenoxy) is 1. The van der Waals surface area contributed by atoms with Crippen LogP contribution in [0.2, 0.25) is 0 Å². The van der Waals surface area contributed by atoms with E-state index in [1.165, 1.54) is 38.1 Å². The average Bonchev–Trinajstić information content (AvgIpc) is 2.46. The Morgan fingerprint density at radius 1 is 1.21 bits per heavy atom. The Balaban J connectivity index is 2.33. The van der Waals surface area contributed by atoms with Crippen molar-refractivity contribution in [1.29, 1.82) is 0 Å². The third kappa shape index (κ3) is 5.54. The second kappa shape index (κ2) is 9.13. The van der Waals surface area contributed by atoms with Gasteiger partial charge < -0.3 is 15.7 Å². The minimum absolute atomic E-state index is 0.0916. The monoisotopic (exact) mass is 266 g/mol. The first-order valence-electron chi connectivity index (χ1n) is 6.71. The number of oxime groups is 1. The van der Waals surface area contributed by atoms with Crippen molar-refractivity contribution in [2.24, 2.45) is 10.9 Å². The highest BCUT2D eigenvalue weighted by Crippen LogP contribution is 2.12. The molecular formula is C13H22N4O2. The van der Waals surface area contributed by atoms with Crippen molar-refractivity contribution in [2.45, 2.75) is 45.4 Å². The summed E-state index contributed by atoms with van der Waals surface area (Å²) in [6.07, 6.45) is 10.1. The molecule has 0 aliphatic heterocycles. The maximum absolute atomic E-state index is 8.64. The molecule has 19 heavy (non-hydrogen) atoms. The van der Waals surface area contributed by atoms with Crippen molar-refractivity contribution in [3.8, 4) is 5.88 Å². The lowest BCUT2D eigenvalue weighted by Gasteiger charge is -2.08. The Hall–Kier alpha value is -1.85. The predicted molar refractivity (Wildman–Crippen MR) is 73.4 cm³/mol. The fourth-order valence-corrected chi connectivity index (χ4v) is 1.71. The molecular weight excluding hydrogens is 244 g/mol. The quantitative estimate of drug-likeness (QED) is 0.235. The standard InChI is InChI=1S/C13H22N4O2/c1-2-3-4-5-6-7-10-19-13-11(12(14)17-18)15-8-9-16-13/h8-9,18H,2-7,10H2,1H3,(H2,14,17). The molecule has 0 aliphatic rings. The molecule has 1 aromatic rings. The summed E-state index contributed by atoms with van der Waals surface area (Å²) in [4.78, 5) is 8.02. The molecule has 0 atom stereocenters. The molecule has 0 aromatic carbocycles. The third-order valence-corrected chi connectivity index (χ3v) is 2.75. The summed E-state index contributed by atoms with van der Waals surface area (Å²) in [6, 6.07) is 0. The minimum atomic E-state index is -0.0916. The van der Waals surface area contributed by atoms with Crippen LogP contribution in [0.1, 0.15) is 51.1 Å².